The summed E-state index contributed by atoms with van der Waals surface area (Å²) in [5, 5.41) is 12.9. The maximum atomic E-state index is 12.1. The summed E-state index contributed by atoms with van der Waals surface area (Å²) in [6.45, 7) is 2.55. The first kappa shape index (κ1) is 18.3. The van der Waals surface area contributed by atoms with E-state index in [0.717, 1.165) is 41.4 Å². The summed E-state index contributed by atoms with van der Waals surface area (Å²) in [6.07, 6.45) is 3.45. The smallest absolute Gasteiger partial charge is 0.225 e. The molecule has 0 spiro atoms. The molecule has 0 radical (unpaired) electrons. The van der Waals surface area contributed by atoms with Crippen LogP contribution < -0.4 is 10.1 Å². The number of amides is 1. The van der Waals surface area contributed by atoms with Crippen LogP contribution >= 0.6 is 11.8 Å². The van der Waals surface area contributed by atoms with Crippen molar-refractivity contribution in [3.05, 3.63) is 47.2 Å². The first-order chi connectivity index (χ1) is 12.7. The van der Waals surface area contributed by atoms with Gasteiger partial charge in [0.15, 0.2) is 0 Å². The van der Waals surface area contributed by atoms with Crippen molar-refractivity contribution in [2.45, 2.75) is 37.6 Å². The van der Waals surface area contributed by atoms with E-state index in [0.29, 0.717) is 24.3 Å². The van der Waals surface area contributed by atoms with E-state index in [4.69, 9.17) is 4.74 Å². The number of hydrogen-bond donors (Lipinski definition) is 1. The molecule has 1 N–H and O–H groups in total. The fourth-order valence-corrected chi connectivity index (χ4v) is 3.82. The molecule has 1 amide bonds. The highest BCUT2D eigenvalue weighted by atomic mass is 32.2. The molecule has 0 saturated carbocycles. The van der Waals surface area contributed by atoms with Crippen LogP contribution in [0.3, 0.4) is 0 Å². The number of thioether (sulfide) groups is 1. The lowest BCUT2D eigenvalue weighted by atomic mass is 10.2. The van der Waals surface area contributed by atoms with Crippen LogP contribution in [-0.4, -0.2) is 23.3 Å². The molecule has 1 aromatic heterocycles. The molecule has 6 heteroatoms. The van der Waals surface area contributed by atoms with Crippen molar-refractivity contribution in [1.29, 1.82) is 5.26 Å². The Morgan fingerprint density at radius 3 is 2.88 bits per heavy atom. The van der Waals surface area contributed by atoms with E-state index in [1.807, 2.05) is 37.3 Å². The molecule has 1 heterocycles. The number of fused-ring (bicyclic) bond motifs is 1. The SMILES string of the molecule is CCOc1ccc(NC(=O)CCSc2nc3c(cc2C#N)CCC3)cc1. The lowest BCUT2D eigenvalue weighted by Crippen LogP contribution is -2.12. The Morgan fingerprint density at radius 2 is 2.15 bits per heavy atom. The van der Waals surface area contributed by atoms with E-state index in [9.17, 15) is 10.1 Å². The van der Waals surface area contributed by atoms with Gasteiger partial charge in [-0.1, -0.05) is 0 Å². The quantitative estimate of drug-likeness (QED) is 0.750. The van der Waals surface area contributed by atoms with Crippen molar-refractivity contribution in [1.82, 2.24) is 4.98 Å². The van der Waals surface area contributed by atoms with Gasteiger partial charge in [0.2, 0.25) is 5.91 Å². The second kappa shape index (κ2) is 8.72. The Hall–Kier alpha value is -2.52. The lowest BCUT2D eigenvalue weighted by molar-refractivity contribution is -0.115. The summed E-state index contributed by atoms with van der Waals surface area (Å²) in [6, 6.07) is 11.5. The number of rotatable bonds is 7. The van der Waals surface area contributed by atoms with Gasteiger partial charge in [-0.3, -0.25) is 4.79 Å². The molecule has 3 rings (SSSR count). The van der Waals surface area contributed by atoms with Gasteiger partial charge < -0.3 is 10.1 Å². The predicted octanol–water partition coefficient (Wildman–Crippen LogP) is 3.96. The van der Waals surface area contributed by atoms with Crippen molar-refractivity contribution < 1.29 is 9.53 Å². The zero-order valence-electron chi connectivity index (χ0n) is 14.7. The molecular weight excluding hydrogens is 346 g/mol. The summed E-state index contributed by atoms with van der Waals surface area (Å²) in [4.78, 5) is 16.7. The Balaban J connectivity index is 1.52. The first-order valence-electron chi connectivity index (χ1n) is 8.78. The van der Waals surface area contributed by atoms with Gasteiger partial charge in [0.25, 0.3) is 0 Å². The number of aryl methyl sites for hydroxylation is 2. The molecular formula is C20H21N3O2S. The number of carbonyl (C=O) groups is 1. The molecule has 5 nitrogen and oxygen atoms in total. The molecule has 0 aliphatic heterocycles. The lowest BCUT2D eigenvalue weighted by Gasteiger charge is -2.08. The summed E-state index contributed by atoms with van der Waals surface area (Å²) < 4.78 is 5.38. The monoisotopic (exact) mass is 367 g/mol. The third-order valence-electron chi connectivity index (χ3n) is 4.15. The maximum absolute atomic E-state index is 12.1. The van der Waals surface area contributed by atoms with Gasteiger partial charge >= 0.3 is 0 Å². The second-order valence-corrected chi connectivity index (χ2v) is 7.10. The average molecular weight is 367 g/mol. The summed E-state index contributed by atoms with van der Waals surface area (Å²) in [7, 11) is 0. The molecule has 1 aliphatic carbocycles. The fraction of sp³-hybridized carbons (Fsp3) is 0.350. The van der Waals surface area contributed by atoms with Crippen LogP contribution in [0, 0.1) is 11.3 Å². The van der Waals surface area contributed by atoms with Crippen LogP contribution in [0.1, 0.15) is 36.6 Å². The minimum Gasteiger partial charge on any atom is -0.494 e. The normalized spacial score (nSPS) is 12.3. The Morgan fingerprint density at radius 1 is 1.35 bits per heavy atom. The maximum Gasteiger partial charge on any atom is 0.225 e. The van der Waals surface area contributed by atoms with Crippen LogP contribution in [0.15, 0.2) is 35.4 Å². The molecule has 0 unspecified atom stereocenters. The molecule has 0 bridgehead atoms. The number of ether oxygens (including phenoxy) is 1. The Kier molecular flexibility index (Phi) is 6.13. The minimum absolute atomic E-state index is 0.0543. The van der Waals surface area contributed by atoms with E-state index >= 15 is 0 Å². The van der Waals surface area contributed by atoms with E-state index in [1.165, 1.54) is 17.3 Å². The molecule has 0 saturated heterocycles. The summed E-state index contributed by atoms with van der Waals surface area (Å²) in [5.74, 6) is 1.32. The van der Waals surface area contributed by atoms with Crippen LogP contribution in [0.5, 0.6) is 5.75 Å². The molecule has 0 atom stereocenters. The van der Waals surface area contributed by atoms with Crippen molar-refractivity contribution in [3.63, 3.8) is 0 Å². The molecule has 1 aromatic carbocycles. The van der Waals surface area contributed by atoms with Crippen molar-refractivity contribution in [2.24, 2.45) is 0 Å². The standard InChI is InChI=1S/C20H21N3O2S/c1-2-25-17-8-6-16(7-9-17)22-19(24)10-11-26-20-15(13-21)12-14-4-3-5-18(14)23-20/h6-9,12H,2-5,10-11H2,1H3,(H,22,24). The molecule has 2 aromatic rings. The van der Waals surface area contributed by atoms with Gasteiger partial charge in [0.05, 0.1) is 12.2 Å². The van der Waals surface area contributed by atoms with Crippen LogP contribution in [0.2, 0.25) is 0 Å². The minimum atomic E-state index is -0.0543. The third kappa shape index (κ3) is 4.55. The number of nitriles is 1. The highest BCUT2D eigenvalue weighted by molar-refractivity contribution is 7.99. The van der Waals surface area contributed by atoms with E-state index in [1.54, 1.807) is 0 Å². The highest BCUT2D eigenvalue weighted by Gasteiger charge is 2.16. The highest BCUT2D eigenvalue weighted by Crippen LogP contribution is 2.28. The summed E-state index contributed by atoms with van der Waals surface area (Å²) in [5.41, 5.74) is 3.66. The number of carbonyl (C=O) groups excluding carboxylic acids is 1. The van der Waals surface area contributed by atoms with Crippen LogP contribution in [0.25, 0.3) is 0 Å². The Bertz CT molecular complexity index is 828. The molecule has 26 heavy (non-hydrogen) atoms. The van der Waals surface area contributed by atoms with Crippen LogP contribution in [0.4, 0.5) is 5.69 Å². The Labute approximate surface area is 157 Å². The largest absolute Gasteiger partial charge is 0.494 e. The van der Waals surface area contributed by atoms with Gasteiger partial charge in [-0.15, -0.1) is 11.8 Å². The fourth-order valence-electron chi connectivity index (χ4n) is 2.91. The van der Waals surface area contributed by atoms with Gasteiger partial charge in [0, 0.05) is 23.6 Å². The number of anilines is 1. The number of nitrogens with one attached hydrogen (secondary N) is 1. The number of aromatic nitrogens is 1. The number of nitrogens with zero attached hydrogens (tertiary/aromatic N) is 2. The van der Waals surface area contributed by atoms with Gasteiger partial charge in [-0.05, 0) is 62.1 Å². The van der Waals surface area contributed by atoms with Gasteiger partial charge in [-0.25, -0.2) is 4.98 Å². The van der Waals surface area contributed by atoms with E-state index in [2.05, 4.69) is 16.4 Å². The zero-order valence-corrected chi connectivity index (χ0v) is 15.6. The van der Waals surface area contributed by atoms with Gasteiger partial charge in [-0.2, -0.15) is 5.26 Å². The van der Waals surface area contributed by atoms with Crippen molar-refractivity contribution in [2.75, 3.05) is 17.7 Å². The van der Waals surface area contributed by atoms with Crippen LogP contribution in [-0.2, 0) is 17.6 Å². The van der Waals surface area contributed by atoms with Crippen molar-refractivity contribution >= 4 is 23.4 Å². The molecule has 134 valence electrons. The van der Waals surface area contributed by atoms with E-state index in [-0.39, 0.29) is 5.91 Å². The number of benzene rings is 1. The average Bonchev–Trinajstić information content (AvgIpc) is 3.10. The summed E-state index contributed by atoms with van der Waals surface area (Å²) >= 11 is 1.47. The second-order valence-electron chi connectivity index (χ2n) is 6.02. The predicted molar refractivity (Wildman–Crippen MR) is 103 cm³/mol. The van der Waals surface area contributed by atoms with E-state index < -0.39 is 0 Å². The van der Waals surface area contributed by atoms with Crippen molar-refractivity contribution in [3.8, 4) is 11.8 Å². The molecule has 0 fully saturated rings. The van der Waals surface area contributed by atoms with Gasteiger partial charge in [0.1, 0.15) is 16.8 Å². The number of pyridine rings is 1. The molecule has 1 aliphatic rings. The zero-order chi connectivity index (χ0) is 18.4. The third-order valence-corrected chi connectivity index (χ3v) is 5.15. The number of hydrogen-bond acceptors (Lipinski definition) is 5. The first-order valence-corrected chi connectivity index (χ1v) is 9.76. The topological polar surface area (TPSA) is 75.0 Å².